The van der Waals surface area contributed by atoms with Crippen molar-refractivity contribution >= 4 is 28.6 Å². The molecule has 0 unspecified atom stereocenters. The number of nitrogens with zero attached hydrogens (tertiary/aromatic N) is 1. The van der Waals surface area contributed by atoms with Crippen molar-refractivity contribution in [2.45, 2.75) is 11.8 Å². The van der Waals surface area contributed by atoms with E-state index >= 15 is 0 Å². The molecule has 1 aromatic heterocycles. The lowest BCUT2D eigenvalue weighted by Crippen LogP contribution is -1.90. The van der Waals surface area contributed by atoms with E-state index in [2.05, 4.69) is 4.98 Å². The van der Waals surface area contributed by atoms with Crippen LogP contribution in [0.1, 0.15) is 17.6 Å². The van der Waals surface area contributed by atoms with Gasteiger partial charge in [0, 0.05) is 11.8 Å². The summed E-state index contributed by atoms with van der Waals surface area (Å²) in [6.45, 7) is 1.45. The van der Waals surface area contributed by atoms with E-state index in [1.54, 1.807) is 11.8 Å². The van der Waals surface area contributed by atoms with Crippen LogP contribution in [-0.2, 0) is 0 Å². The van der Waals surface area contributed by atoms with Crippen LogP contribution in [0.15, 0.2) is 27.5 Å². The molecule has 2 rings (SSSR count). The summed E-state index contributed by atoms with van der Waals surface area (Å²) in [5, 5.41) is 0. The molecule has 1 aromatic carbocycles. The van der Waals surface area contributed by atoms with Crippen molar-refractivity contribution in [1.82, 2.24) is 4.98 Å². The molecular formula is C10H9NO2S. The lowest BCUT2D eigenvalue weighted by Gasteiger charge is -1.93. The quantitative estimate of drug-likeness (QED) is 0.561. The van der Waals surface area contributed by atoms with Crippen LogP contribution < -0.4 is 0 Å². The van der Waals surface area contributed by atoms with Gasteiger partial charge in [0.15, 0.2) is 5.58 Å². The number of ketones is 1. The van der Waals surface area contributed by atoms with Crippen molar-refractivity contribution in [3.05, 3.63) is 24.1 Å². The monoisotopic (exact) mass is 207 g/mol. The minimum atomic E-state index is -0.145. The maximum atomic E-state index is 11.1. The summed E-state index contributed by atoms with van der Waals surface area (Å²) in [6.07, 6.45) is 1.97. The number of fused-ring (bicyclic) bond motifs is 1. The molecule has 0 aliphatic rings. The molecule has 0 bridgehead atoms. The molecule has 0 aliphatic carbocycles. The van der Waals surface area contributed by atoms with Crippen molar-refractivity contribution < 1.29 is 9.21 Å². The van der Waals surface area contributed by atoms with Crippen LogP contribution in [0.25, 0.3) is 11.1 Å². The van der Waals surface area contributed by atoms with Crippen LogP contribution in [0.3, 0.4) is 0 Å². The number of aromatic nitrogens is 1. The number of benzene rings is 1. The highest BCUT2D eigenvalue weighted by atomic mass is 32.2. The van der Waals surface area contributed by atoms with Crippen LogP contribution in [-0.4, -0.2) is 17.0 Å². The number of para-hydroxylation sites is 1. The molecule has 0 N–H and O–H groups in total. The Labute approximate surface area is 85.5 Å². The predicted octanol–water partition coefficient (Wildman–Crippen LogP) is 2.75. The first-order valence-corrected chi connectivity index (χ1v) is 5.39. The average Bonchev–Trinajstić information content (AvgIpc) is 2.60. The molecule has 0 aliphatic heterocycles. The average molecular weight is 207 g/mol. The number of hydrogen-bond donors (Lipinski definition) is 0. The van der Waals surface area contributed by atoms with E-state index in [9.17, 15) is 4.79 Å². The Kier molecular flexibility index (Phi) is 2.29. The highest BCUT2D eigenvalue weighted by Crippen LogP contribution is 2.26. The topological polar surface area (TPSA) is 43.1 Å². The first-order chi connectivity index (χ1) is 6.72. The van der Waals surface area contributed by atoms with Gasteiger partial charge in [-0.15, -0.1) is 11.8 Å². The number of carbonyl (C=O) groups is 1. The van der Waals surface area contributed by atoms with E-state index in [1.807, 2.05) is 24.5 Å². The van der Waals surface area contributed by atoms with E-state index in [1.165, 1.54) is 6.92 Å². The highest BCUT2D eigenvalue weighted by molar-refractivity contribution is 7.98. The molecule has 14 heavy (non-hydrogen) atoms. The van der Waals surface area contributed by atoms with Crippen LogP contribution in [0, 0.1) is 0 Å². The molecule has 2 aromatic rings. The fraction of sp³-hybridized carbons (Fsp3) is 0.200. The van der Waals surface area contributed by atoms with Crippen molar-refractivity contribution in [2.24, 2.45) is 0 Å². The third-order valence-electron chi connectivity index (χ3n) is 1.90. The molecule has 0 saturated carbocycles. The number of thioether (sulfide) groups is 1. The van der Waals surface area contributed by atoms with E-state index in [-0.39, 0.29) is 11.7 Å². The van der Waals surface area contributed by atoms with Gasteiger partial charge in [0.05, 0.1) is 0 Å². The van der Waals surface area contributed by atoms with Gasteiger partial charge >= 0.3 is 0 Å². The predicted molar refractivity (Wildman–Crippen MR) is 55.8 cm³/mol. The van der Waals surface area contributed by atoms with E-state index in [0.717, 1.165) is 10.4 Å². The summed E-state index contributed by atoms with van der Waals surface area (Å²) in [7, 11) is 0. The van der Waals surface area contributed by atoms with Crippen LogP contribution in [0.2, 0.25) is 0 Å². The molecular weight excluding hydrogens is 198 g/mol. The van der Waals surface area contributed by atoms with Gasteiger partial charge in [0.25, 0.3) is 5.89 Å². The Morgan fingerprint density at radius 2 is 2.29 bits per heavy atom. The van der Waals surface area contributed by atoms with Crippen molar-refractivity contribution in [1.29, 1.82) is 0 Å². The molecule has 3 nitrogen and oxygen atoms in total. The summed E-state index contributed by atoms with van der Waals surface area (Å²) in [5.74, 6) is 0.0368. The smallest absolute Gasteiger partial charge is 0.263 e. The molecule has 1 heterocycles. The maximum Gasteiger partial charge on any atom is 0.263 e. The molecule has 0 fully saturated rings. The lowest BCUT2D eigenvalue weighted by molar-refractivity contribution is 0.0983. The zero-order valence-electron chi connectivity index (χ0n) is 7.90. The number of Topliss-reactive ketones (excluding diaryl/α,β-unsaturated/α-hetero) is 1. The minimum absolute atomic E-state index is 0.145. The molecule has 4 heteroatoms. The highest BCUT2D eigenvalue weighted by Gasteiger charge is 2.11. The number of oxazole rings is 1. The SMILES string of the molecule is CSc1cccc2oc(C(C)=O)nc12. The van der Waals surface area contributed by atoms with E-state index < -0.39 is 0 Å². The van der Waals surface area contributed by atoms with Gasteiger partial charge in [-0.1, -0.05) is 6.07 Å². The lowest BCUT2D eigenvalue weighted by atomic mass is 10.3. The fourth-order valence-corrected chi connectivity index (χ4v) is 1.79. The van der Waals surface area contributed by atoms with Gasteiger partial charge in [0.1, 0.15) is 5.52 Å². The third-order valence-corrected chi connectivity index (χ3v) is 2.67. The Bertz CT molecular complexity index is 490. The molecule has 0 saturated heterocycles. The van der Waals surface area contributed by atoms with Gasteiger partial charge in [0.2, 0.25) is 5.78 Å². The normalized spacial score (nSPS) is 10.7. The van der Waals surface area contributed by atoms with Crippen molar-refractivity contribution in [2.75, 3.05) is 6.26 Å². The zero-order valence-corrected chi connectivity index (χ0v) is 8.72. The summed E-state index contributed by atoms with van der Waals surface area (Å²) in [4.78, 5) is 16.2. The second-order valence-electron chi connectivity index (χ2n) is 2.88. The summed E-state index contributed by atoms with van der Waals surface area (Å²) >= 11 is 1.59. The maximum absolute atomic E-state index is 11.1. The van der Waals surface area contributed by atoms with Gasteiger partial charge < -0.3 is 4.42 Å². The molecule has 72 valence electrons. The van der Waals surface area contributed by atoms with Gasteiger partial charge in [-0.3, -0.25) is 4.79 Å². The Hall–Kier alpha value is -1.29. The molecule has 0 radical (unpaired) electrons. The Morgan fingerprint density at radius 1 is 1.50 bits per heavy atom. The van der Waals surface area contributed by atoms with E-state index in [0.29, 0.717) is 5.58 Å². The fourth-order valence-electron chi connectivity index (χ4n) is 1.24. The van der Waals surface area contributed by atoms with E-state index in [4.69, 9.17) is 4.42 Å². The second-order valence-corrected chi connectivity index (χ2v) is 3.73. The summed E-state index contributed by atoms with van der Waals surface area (Å²) < 4.78 is 5.30. The number of carbonyl (C=O) groups excluding carboxylic acids is 1. The van der Waals surface area contributed by atoms with Crippen LogP contribution >= 0.6 is 11.8 Å². The van der Waals surface area contributed by atoms with Crippen LogP contribution in [0.4, 0.5) is 0 Å². The largest absolute Gasteiger partial charge is 0.434 e. The first kappa shape index (κ1) is 9.27. The Balaban J connectivity index is 2.70. The van der Waals surface area contributed by atoms with Gasteiger partial charge in [-0.2, -0.15) is 0 Å². The standard InChI is InChI=1S/C10H9NO2S/c1-6(12)10-11-9-7(13-10)4-3-5-8(9)14-2/h3-5H,1-2H3. The Morgan fingerprint density at radius 3 is 2.93 bits per heavy atom. The van der Waals surface area contributed by atoms with Gasteiger partial charge in [-0.05, 0) is 18.4 Å². The minimum Gasteiger partial charge on any atom is -0.434 e. The number of rotatable bonds is 2. The van der Waals surface area contributed by atoms with Crippen molar-refractivity contribution in [3.63, 3.8) is 0 Å². The number of hydrogen-bond acceptors (Lipinski definition) is 4. The second kappa shape index (κ2) is 3.46. The summed E-state index contributed by atoms with van der Waals surface area (Å²) in [6, 6.07) is 5.66. The zero-order chi connectivity index (χ0) is 10.1. The van der Waals surface area contributed by atoms with Crippen molar-refractivity contribution in [3.8, 4) is 0 Å². The third kappa shape index (κ3) is 1.42. The first-order valence-electron chi connectivity index (χ1n) is 4.17. The molecule has 0 atom stereocenters. The van der Waals surface area contributed by atoms with Gasteiger partial charge in [-0.25, -0.2) is 4.98 Å². The summed E-state index contributed by atoms with van der Waals surface area (Å²) in [5.41, 5.74) is 1.44. The molecule has 0 amide bonds. The van der Waals surface area contributed by atoms with Crippen LogP contribution in [0.5, 0.6) is 0 Å². The molecule has 0 spiro atoms.